The lowest BCUT2D eigenvalue weighted by molar-refractivity contribution is 0.759. The quantitative estimate of drug-likeness (QED) is 0.778. The Bertz CT molecular complexity index is 421. The molecular formula is C13H16N2. The van der Waals surface area contributed by atoms with E-state index in [1.54, 1.807) is 0 Å². The third-order valence-corrected chi connectivity index (χ3v) is 3.09. The molecule has 78 valence electrons. The Labute approximate surface area is 89.7 Å². The number of hydrogen-bond donors (Lipinski definition) is 2. The Kier molecular flexibility index (Phi) is 2.13. The summed E-state index contributed by atoms with van der Waals surface area (Å²) in [5.74, 6) is 2.15. The van der Waals surface area contributed by atoms with Gasteiger partial charge in [-0.3, -0.25) is 0 Å². The SMILES string of the molecule is c1ccc2[nH]c(NCCC3CC3)cc2c1. The van der Waals surface area contributed by atoms with Crippen molar-refractivity contribution in [1.82, 2.24) is 4.98 Å². The topological polar surface area (TPSA) is 27.8 Å². The van der Waals surface area contributed by atoms with E-state index in [1.165, 1.54) is 30.2 Å². The molecule has 0 unspecified atom stereocenters. The smallest absolute Gasteiger partial charge is 0.104 e. The Morgan fingerprint density at radius 1 is 1.27 bits per heavy atom. The van der Waals surface area contributed by atoms with Crippen LogP contribution in [0.3, 0.4) is 0 Å². The molecule has 1 fully saturated rings. The molecule has 0 bridgehead atoms. The minimum absolute atomic E-state index is 1.00. The van der Waals surface area contributed by atoms with E-state index in [-0.39, 0.29) is 0 Å². The molecule has 1 saturated carbocycles. The summed E-state index contributed by atoms with van der Waals surface area (Å²) in [6.45, 7) is 1.09. The van der Waals surface area contributed by atoms with Crippen LogP contribution in [0.2, 0.25) is 0 Å². The van der Waals surface area contributed by atoms with Crippen LogP contribution in [0.25, 0.3) is 10.9 Å². The van der Waals surface area contributed by atoms with Crippen molar-refractivity contribution in [3.8, 4) is 0 Å². The fraction of sp³-hybridized carbons (Fsp3) is 0.385. The maximum atomic E-state index is 3.45. The first-order valence-electron chi connectivity index (χ1n) is 5.73. The average Bonchev–Trinajstić information content (AvgIpc) is 2.97. The fourth-order valence-corrected chi connectivity index (χ4v) is 1.99. The third kappa shape index (κ3) is 1.99. The highest BCUT2D eigenvalue weighted by atomic mass is 15.0. The number of para-hydroxylation sites is 1. The van der Waals surface area contributed by atoms with Gasteiger partial charge < -0.3 is 10.3 Å². The molecule has 1 aliphatic carbocycles. The first-order chi connectivity index (χ1) is 7.42. The van der Waals surface area contributed by atoms with Gasteiger partial charge in [-0.1, -0.05) is 31.0 Å². The summed E-state index contributed by atoms with van der Waals surface area (Å²) in [5, 5.41) is 4.73. The highest BCUT2D eigenvalue weighted by Crippen LogP contribution is 2.32. The minimum Gasteiger partial charge on any atom is -0.372 e. The zero-order valence-corrected chi connectivity index (χ0v) is 8.79. The average molecular weight is 200 g/mol. The molecule has 1 aromatic carbocycles. The largest absolute Gasteiger partial charge is 0.372 e. The zero-order chi connectivity index (χ0) is 10.1. The van der Waals surface area contributed by atoms with Gasteiger partial charge in [0.25, 0.3) is 0 Å². The minimum atomic E-state index is 1.00. The van der Waals surface area contributed by atoms with Crippen LogP contribution in [0.15, 0.2) is 30.3 Å². The highest BCUT2D eigenvalue weighted by Gasteiger charge is 2.20. The number of nitrogens with one attached hydrogen (secondary N) is 2. The van der Waals surface area contributed by atoms with Crippen molar-refractivity contribution < 1.29 is 0 Å². The van der Waals surface area contributed by atoms with Gasteiger partial charge in [0.2, 0.25) is 0 Å². The summed E-state index contributed by atoms with van der Waals surface area (Å²) in [7, 11) is 0. The fourth-order valence-electron chi connectivity index (χ4n) is 1.99. The summed E-state index contributed by atoms with van der Waals surface area (Å²) < 4.78 is 0. The lowest BCUT2D eigenvalue weighted by Crippen LogP contribution is -2.01. The van der Waals surface area contributed by atoms with Gasteiger partial charge in [-0.15, -0.1) is 0 Å². The second-order valence-corrected chi connectivity index (χ2v) is 4.43. The number of H-pyrrole nitrogens is 1. The van der Waals surface area contributed by atoms with E-state index in [2.05, 4.69) is 40.6 Å². The molecule has 15 heavy (non-hydrogen) atoms. The van der Waals surface area contributed by atoms with Gasteiger partial charge in [0.15, 0.2) is 0 Å². The van der Waals surface area contributed by atoms with Crippen LogP contribution in [0.1, 0.15) is 19.3 Å². The Balaban J connectivity index is 1.68. The van der Waals surface area contributed by atoms with Crippen LogP contribution in [0.4, 0.5) is 5.82 Å². The summed E-state index contributed by atoms with van der Waals surface area (Å²) in [4.78, 5) is 3.38. The molecule has 0 radical (unpaired) electrons. The van der Waals surface area contributed by atoms with E-state index in [0.29, 0.717) is 0 Å². The lowest BCUT2D eigenvalue weighted by Gasteiger charge is -2.01. The summed E-state index contributed by atoms with van der Waals surface area (Å²) in [5.41, 5.74) is 1.21. The maximum Gasteiger partial charge on any atom is 0.104 e. The molecule has 0 atom stereocenters. The summed E-state index contributed by atoms with van der Waals surface area (Å²) in [6.07, 6.45) is 4.19. The maximum absolute atomic E-state index is 3.45. The number of anilines is 1. The second kappa shape index (κ2) is 3.61. The molecular weight excluding hydrogens is 184 g/mol. The van der Waals surface area contributed by atoms with Crippen LogP contribution in [-0.4, -0.2) is 11.5 Å². The molecule has 3 rings (SSSR count). The molecule has 2 nitrogen and oxygen atoms in total. The molecule has 0 spiro atoms. The Hall–Kier alpha value is -1.44. The van der Waals surface area contributed by atoms with Crippen molar-refractivity contribution in [3.05, 3.63) is 30.3 Å². The van der Waals surface area contributed by atoms with Gasteiger partial charge in [-0.2, -0.15) is 0 Å². The highest BCUT2D eigenvalue weighted by molar-refractivity contribution is 5.83. The number of aromatic nitrogens is 1. The summed E-state index contributed by atoms with van der Waals surface area (Å²) in [6, 6.07) is 10.6. The van der Waals surface area contributed by atoms with Gasteiger partial charge in [0.1, 0.15) is 5.82 Å². The standard InChI is InChI=1S/C13H16N2/c1-2-4-12-11(3-1)9-13(15-12)14-8-7-10-5-6-10/h1-4,9-10,14-15H,5-8H2. The third-order valence-electron chi connectivity index (χ3n) is 3.09. The zero-order valence-electron chi connectivity index (χ0n) is 8.79. The normalized spacial score (nSPS) is 15.7. The molecule has 2 heteroatoms. The van der Waals surface area contributed by atoms with E-state index < -0.39 is 0 Å². The van der Waals surface area contributed by atoms with Crippen molar-refractivity contribution in [3.63, 3.8) is 0 Å². The van der Waals surface area contributed by atoms with Gasteiger partial charge in [-0.05, 0) is 24.5 Å². The van der Waals surface area contributed by atoms with E-state index in [0.717, 1.165) is 18.3 Å². The van der Waals surface area contributed by atoms with Crippen LogP contribution in [0.5, 0.6) is 0 Å². The molecule has 1 heterocycles. The second-order valence-electron chi connectivity index (χ2n) is 4.43. The van der Waals surface area contributed by atoms with Crippen LogP contribution >= 0.6 is 0 Å². The number of rotatable bonds is 4. The molecule has 1 aromatic heterocycles. The lowest BCUT2D eigenvalue weighted by atomic mass is 10.2. The first kappa shape index (κ1) is 8.84. The van der Waals surface area contributed by atoms with Crippen molar-refractivity contribution >= 4 is 16.7 Å². The molecule has 2 N–H and O–H groups in total. The molecule has 1 aliphatic rings. The summed E-state index contributed by atoms with van der Waals surface area (Å²) >= 11 is 0. The van der Waals surface area contributed by atoms with E-state index in [4.69, 9.17) is 0 Å². The van der Waals surface area contributed by atoms with Crippen molar-refractivity contribution in [2.24, 2.45) is 5.92 Å². The van der Waals surface area contributed by atoms with Crippen LogP contribution in [-0.2, 0) is 0 Å². The Morgan fingerprint density at radius 3 is 2.93 bits per heavy atom. The van der Waals surface area contributed by atoms with Gasteiger partial charge in [-0.25, -0.2) is 0 Å². The predicted molar refractivity (Wildman–Crippen MR) is 64.1 cm³/mol. The van der Waals surface area contributed by atoms with Gasteiger partial charge in [0.05, 0.1) is 0 Å². The number of fused-ring (bicyclic) bond motifs is 1. The number of benzene rings is 1. The van der Waals surface area contributed by atoms with Crippen molar-refractivity contribution in [1.29, 1.82) is 0 Å². The van der Waals surface area contributed by atoms with Gasteiger partial charge >= 0.3 is 0 Å². The van der Waals surface area contributed by atoms with E-state index in [1.807, 2.05) is 0 Å². The van der Waals surface area contributed by atoms with Gasteiger partial charge in [0, 0.05) is 17.4 Å². The monoisotopic (exact) mass is 200 g/mol. The van der Waals surface area contributed by atoms with E-state index in [9.17, 15) is 0 Å². The number of hydrogen-bond acceptors (Lipinski definition) is 1. The first-order valence-corrected chi connectivity index (χ1v) is 5.73. The number of aromatic amines is 1. The molecule has 0 amide bonds. The molecule has 0 saturated heterocycles. The predicted octanol–water partition coefficient (Wildman–Crippen LogP) is 3.38. The van der Waals surface area contributed by atoms with Crippen molar-refractivity contribution in [2.45, 2.75) is 19.3 Å². The molecule has 0 aliphatic heterocycles. The van der Waals surface area contributed by atoms with Crippen LogP contribution < -0.4 is 5.32 Å². The van der Waals surface area contributed by atoms with Crippen LogP contribution in [0, 0.1) is 5.92 Å². The Morgan fingerprint density at radius 2 is 2.13 bits per heavy atom. The van der Waals surface area contributed by atoms with E-state index >= 15 is 0 Å². The molecule has 2 aromatic rings. The van der Waals surface area contributed by atoms with Crippen molar-refractivity contribution in [2.75, 3.05) is 11.9 Å².